The largest absolute Gasteiger partial charge is 0.508 e. The highest BCUT2D eigenvalue weighted by Crippen LogP contribution is 2.29. The van der Waals surface area contributed by atoms with Crippen LogP contribution in [0.2, 0.25) is 0 Å². The number of hydrogen-bond donors (Lipinski definition) is 1. The number of hydrogen-bond acceptors (Lipinski definition) is 2. The quantitative estimate of drug-likeness (QED) is 0.682. The summed E-state index contributed by atoms with van der Waals surface area (Å²) in [5.74, 6) is 0.203. The maximum atomic E-state index is 9.62. The number of rotatable bonds is 0. The number of nitriles is 1. The van der Waals surface area contributed by atoms with Crippen LogP contribution in [0.5, 0.6) is 5.75 Å². The van der Waals surface area contributed by atoms with Gasteiger partial charge >= 0.3 is 0 Å². The van der Waals surface area contributed by atoms with Crippen LogP contribution >= 0.6 is 0 Å². The molecule has 0 radical (unpaired) electrons. The molecule has 0 fully saturated rings. The fraction of sp³-hybridized carbons (Fsp3) is 0.417. The van der Waals surface area contributed by atoms with Gasteiger partial charge in [0.25, 0.3) is 0 Å². The molecule has 1 rings (SSSR count). The van der Waals surface area contributed by atoms with Crippen LogP contribution in [0.15, 0.2) is 12.1 Å². The number of phenolic OH excluding ortho intramolecular Hbond substituents is 1. The van der Waals surface area contributed by atoms with Gasteiger partial charge in [0.15, 0.2) is 0 Å². The Balaban J connectivity index is 3.40. The van der Waals surface area contributed by atoms with Crippen molar-refractivity contribution in [3.05, 3.63) is 28.8 Å². The predicted octanol–water partition coefficient (Wildman–Crippen LogP) is 2.87. The van der Waals surface area contributed by atoms with Crippen LogP contribution in [0.25, 0.3) is 0 Å². The van der Waals surface area contributed by atoms with E-state index in [1.807, 2.05) is 6.07 Å². The van der Waals surface area contributed by atoms with Crippen molar-refractivity contribution in [1.82, 2.24) is 0 Å². The zero-order chi connectivity index (χ0) is 10.9. The Bertz CT molecular complexity index is 394. The summed E-state index contributed by atoms with van der Waals surface area (Å²) < 4.78 is 0. The molecule has 0 aliphatic heterocycles. The maximum Gasteiger partial charge on any atom is 0.120 e. The summed E-state index contributed by atoms with van der Waals surface area (Å²) >= 11 is 0. The summed E-state index contributed by atoms with van der Waals surface area (Å²) in [4.78, 5) is 0. The molecule has 0 atom stereocenters. The molecule has 0 saturated carbocycles. The summed E-state index contributed by atoms with van der Waals surface area (Å²) in [5.41, 5.74) is 2.14. The van der Waals surface area contributed by atoms with Gasteiger partial charge < -0.3 is 5.11 Å². The molecule has 0 spiro atoms. The first-order valence-corrected chi connectivity index (χ1v) is 4.60. The fourth-order valence-corrected chi connectivity index (χ4v) is 1.25. The molecule has 0 aliphatic carbocycles. The van der Waals surface area contributed by atoms with Gasteiger partial charge in [0.2, 0.25) is 0 Å². The average Bonchev–Trinajstić information content (AvgIpc) is 2.07. The molecule has 0 unspecified atom stereocenters. The average molecular weight is 189 g/mol. The predicted molar refractivity (Wildman–Crippen MR) is 56.3 cm³/mol. The van der Waals surface area contributed by atoms with Gasteiger partial charge in [-0.25, -0.2) is 0 Å². The van der Waals surface area contributed by atoms with Gasteiger partial charge in [0.05, 0.1) is 11.6 Å². The topological polar surface area (TPSA) is 44.0 Å². The zero-order valence-electron chi connectivity index (χ0n) is 9.05. The van der Waals surface area contributed by atoms with Gasteiger partial charge in [0, 0.05) is 5.56 Å². The monoisotopic (exact) mass is 189 g/mol. The second kappa shape index (κ2) is 3.34. The summed E-state index contributed by atoms with van der Waals surface area (Å²) in [6.45, 7) is 7.91. The first kappa shape index (κ1) is 10.6. The van der Waals surface area contributed by atoms with Gasteiger partial charge in [-0.2, -0.15) is 5.26 Å². The van der Waals surface area contributed by atoms with E-state index in [0.29, 0.717) is 11.1 Å². The van der Waals surface area contributed by atoms with Crippen molar-refractivity contribution in [2.75, 3.05) is 0 Å². The molecule has 1 aromatic rings. The Morgan fingerprint density at radius 1 is 1.29 bits per heavy atom. The molecule has 0 heterocycles. The molecule has 0 saturated heterocycles. The lowest BCUT2D eigenvalue weighted by molar-refractivity contribution is 0.466. The van der Waals surface area contributed by atoms with Crippen LogP contribution in [-0.4, -0.2) is 5.11 Å². The van der Waals surface area contributed by atoms with E-state index in [1.54, 1.807) is 13.0 Å². The third-order valence-electron chi connectivity index (χ3n) is 2.37. The minimum atomic E-state index is -0.0449. The zero-order valence-corrected chi connectivity index (χ0v) is 9.05. The van der Waals surface area contributed by atoms with Gasteiger partial charge in [-0.1, -0.05) is 20.8 Å². The molecule has 1 aromatic carbocycles. The van der Waals surface area contributed by atoms with E-state index >= 15 is 0 Å². The maximum absolute atomic E-state index is 9.62. The van der Waals surface area contributed by atoms with Crippen molar-refractivity contribution in [2.24, 2.45) is 0 Å². The van der Waals surface area contributed by atoms with Crippen molar-refractivity contribution >= 4 is 0 Å². The molecular weight excluding hydrogens is 174 g/mol. The standard InChI is InChI=1S/C12H15NO/c1-8-9(7-13)5-10(6-11(8)14)12(2,3)4/h5-6,14H,1-4H3. The number of benzene rings is 1. The Labute approximate surface area is 84.8 Å². The third-order valence-corrected chi connectivity index (χ3v) is 2.37. The van der Waals surface area contributed by atoms with Gasteiger partial charge in [-0.15, -0.1) is 0 Å². The molecule has 0 aromatic heterocycles. The normalized spacial score (nSPS) is 11.1. The SMILES string of the molecule is Cc1c(O)cc(C(C)(C)C)cc1C#N. The van der Waals surface area contributed by atoms with E-state index in [4.69, 9.17) is 5.26 Å². The van der Waals surface area contributed by atoms with Gasteiger partial charge in [0.1, 0.15) is 5.75 Å². The highest BCUT2D eigenvalue weighted by Gasteiger charge is 2.16. The smallest absolute Gasteiger partial charge is 0.120 e. The minimum absolute atomic E-state index is 0.0449. The lowest BCUT2D eigenvalue weighted by atomic mass is 9.85. The molecule has 74 valence electrons. The van der Waals surface area contributed by atoms with Crippen LogP contribution in [0.1, 0.15) is 37.5 Å². The molecule has 0 aliphatic rings. The fourth-order valence-electron chi connectivity index (χ4n) is 1.25. The van der Waals surface area contributed by atoms with Gasteiger partial charge in [-0.3, -0.25) is 0 Å². The van der Waals surface area contributed by atoms with Crippen LogP contribution in [0.3, 0.4) is 0 Å². The van der Waals surface area contributed by atoms with Crippen molar-refractivity contribution in [3.63, 3.8) is 0 Å². The summed E-state index contributed by atoms with van der Waals surface area (Å²) in [6, 6.07) is 5.66. The molecular formula is C12H15NO. The van der Waals surface area contributed by atoms with Crippen LogP contribution in [-0.2, 0) is 5.41 Å². The minimum Gasteiger partial charge on any atom is -0.508 e. The van der Waals surface area contributed by atoms with Crippen molar-refractivity contribution in [1.29, 1.82) is 5.26 Å². The van der Waals surface area contributed by atoms with Crippen molar-refractivity contribution in [2.45, 2.75) is 33.1 Å². The lowest BCUT2D eigenvalue weighted by Gasteiger charge is -2.20. The van der Waals surface area contributed by atoms with E-state index in [1.165, 1.54) is 0 Å². The van der Waals surface area contributed by atoms with E-state index in [-0.39, 0.29) is 11.2 Å². The Hall–Kier alpha value is -1.49. The summed E-state index contributed by atoms with van der Waals surface area (Å²) in [5, 5.41) is 18.5. The second-order valence-corrected chi connectivity index (χ2v) is 4.53. The van der Waals surface area contributed by atoms with Crippen LogP contribution in [0, 0.1) is 18.3 Å². The molecule has 2 heteroatoms. The Morgan fingerprint density at radius 2 is 1.86 bits per heavy atom. The number of aromatic hydroxyl groups is 1. The van der Waals surface area contributed by atoms with E-state index in [9.17, 15) is 5.11 Å². The van der Waals surface area contributed by atoms with Gasteiger partial charge in [-0.05, 0) is 30.0 Å². The van der Waals surface area contributed by atoms with Crippen molar-refractivity contribution < 1.29 is 5.11 Å². The van der Waals surface area contributed by atoms with E-state index in [2.05, 4.69) is 26.8 Å². The Kier molecular flexibility index (Phi) is 2.53. The van der Waals surface area contributed by atoms with Crippen LogP contribution in [0.4, 0.5) is 0 Å². The first-order valence-electron chi connectivity index (χ1n) is 4.60. The summed E-state index contributed by atoms with van der Waals surface area (Å²) in [7, 11) is 0. The first-order chi connectivity index (χ1) is 6.36. The number of nitrogens with zero attached hydrogens (tertiary/aromatic N) is 1. The molecule has 0 amide bonds. The van der Waals surface area contributed by atoms with Crippen LogP contribution < -0.4 is 0 Å². The molecule has 1 N–H and O–H groups in total. The van der Waals surface area contributed by atoms with E-state index < -0.39 is 0 Å². The molecule has 2 nitrogen and oxygen atoms in total. The molecule has 14 heavy (non-hydrogen) atoms. The van der Waals surface area contributed by atoms with E-state index in [0.717, 1.165) is 5.56 Å². The molecule has 0 bridgehead atoms. The Morgan fingerprint density at radius 3 is 2.29 bits per heavy atom. The highest BCUT2D eigenvalue weighted by atomic mass is 16.3. The number of phenols is 1. The summed E-state index contributed by atoms with van der Waals surface area (Å²) in [6.07, 6.45) is 0. The third kappa shape index (κ3) is 1.88. The van der Waals surface area contributed by atoms with Crippen molar-refractivity contribution in [3.8, 4) is 11.8 Å². The second-order valence-electron chi connectivity index (χ2n) is 4.53. The highest BCUT2D eigenvalue weighted by molar-refractivity contribution is 5.49. The lowest BCUT2D eigenvalue weighted by Crippen LogP contribution is -2.11.